The van der Waals surface area contributed by atoms with Crippen LogP contribution in [0.25, 0.3) is 0 Å². The Morgan fingerprint density at radius 2 is 1.83 bits per heavy atom. The molecule has 5 rings (SSSR count). The van der Waals surface area contributed by atoms with Crippen LogP contribution in [-0.4, -0.2) is 18.7 Å². The molecule has 0 heterocycles. The van der Waals surface area contributed by atoms with Gasteiger partial charge in [-0.3, -0.25) is 4.79 Å². The SMILES string of the molecule is CCCCCCOc1ccc(CCC(=O)OC2C=C3CC[C@@H]4[C@H](CC[C@]5(C)CCC[C@@H]45)[C@H]3CC2)cc1. The van der Waals surface area contributed by atoms with Crippen LogP contribution in [0.5, 0.6) is 5.75 Å². The molecule has 0 radical (unpaired) electrons. The molecule has 1 unspecified atom stereocenters. The summed E-state index contributed by atoms with van der Waals surface area (Å²) in [6.07, 6.45) is 20.5. The van der Waals surface area contributed by atoms with Crippen molar-refractivity contribution in [1.82, 2.24) is 0 Å². The largest absolute Gasteiger partial charge is 0.494 e. The van der Waals surface area contributed by atoms with Crippen LogP contribution >= 0.6 is 0 Å². The van der Waals surface area contributed by atoms with Gasteiger partial charge in [0.1, 0.15) is 11.9 Å². The van der Waals surface area contributed by atoms with Crippen LogP contribution in [0.2, 0.25) is 0 Å². The standard InChI is InChI=1S/C33H48O3/c1-3-4-5-6-22-35-26-13-9-24(10-14-26)11-18-32(34)36-27-15-17-28-25(23-27)12-16-30-29(28)19-21-33(2)20-7-8-31(30)33/h9-10,13-14,23,27-31H,3-8,11-12,15-22H2,1-2H3/t27?,28-,29+,30+,31-,33-/m0/s1. The topological polar surface area (TPSA) is 35.5 Å². The number of unbranched alkanes of at least 4 members (excludes halogenated alkanes) is 3. The first-order chi connectivity index (χ1) is 17.6. The van der Waals surface area contributed by atoms with Gasteiger partial charge in [0.05, 0.1) is 6.61 Å². The summed E-state index contributed by atoms with van der Waals surface area (Å²) in [7, 11) is 0. The number of fused-ring (bicyclic) bond motifs is 5. The van der Waals surface area contributed by atoms with Crippen LogP contribution in [0.3, 0.4) is 0 Å². The summed E-state index contributed by atoms with van der Waals surface area (Å²) in [5, 5.41) is 0. The molecule has 0 spiro atoms. The maximum atomic E-state index is 12.7. The van der Waals surface area contributed by atoms with Gasteiger partial charge < -0.3 is 9.47 Å². The minimum atomic E-state index is -0.0559. The lowest BCUT2D eigenvalue weighted by Crippen LogP contribution is -2.45. The maximum absolute atomic E-state index is 12.7. The average Bonchev–Trinajstić information content (AvgIpc) is 3.29. The molecule has 3 heteroatoms. The fraction of sp³-hybridized carbons (Fsp3) is 0.727. The third-order valence-electron chi connectivity index (χ3n) is 10.3. The van der Waals surface area contributed by atoms with E-state index in [1.165, 1.54) is 76.2 Å². The lowest BCUT2D eigenvalue weighted by Gasteiger charge is -2.53. The van der Waals surface area contributed by atoms with Gasteiger partial charge in [0.2, 0.25) is 0 Å². The highest BCUT2D eigenvalue weighted by atomic mass is 16.5. The molecule has 1 aromatic carbocycles. The molecule has 6 atom stereocenters. The number of rotatable bonds is 10. The van der Waals surface area contributed by atoms with Crippen LogP contribution < -0.4 is 4.74 Å². The molecule has 3 nitrogen and oxygen atoms in total. The molecule has 0 bridgehead atoms. The van der Waals surface area contributed by atoms with Crippen molar-refractivity contribution in [2.75, 3.05) is 6.61 Å². The van der Waals surface area contributed by atoms with Gasteiger partial charge in [0, 0.05) is 6.42 Å². The minimum absolute atomic E-state index is 0.0101. The Morgan fingerprint density at radius 3 is 2.67 bits per heavy atom. The van der Waals surface area contributed by atoms with Crippen LogP contribution in [0, 0.1) is 29.1 Å². The summed E-state index contributed by atoms with van der Waals surface area (Å²) in [6.45, 7) is 5.59. The monoisotopic (exact) mass is 492 g/mol. The minimum Gasteiger partial charge on any atom is -0.494 e. The fourth-order valence-corrected chi connectivity index (χ4v) is 8.33. The number of hydrogen-bond donors (Lipinski definition) is 0. The summed E-state index contributed by atoms with van der Waals surface area (Å²) in [4.78, 5) is 12.7. The molecule has 36 heavy (non-hydrogen) atoms. The first kappa shape index (κ1) is 25.9. The Balaban J connectivity index is 1.07. The van der Waals surface area contributed by atoms with Gasteiger partial charge in [-0.05, 0) is 117 Å². The van der Waals surface area contributed by atoms with Crippen molar-refractivity contribution in [3.63, 3.8) is 0 Å². The Kier molecular flexibility index (Phi) is 8.43. The number of ether oxygens (including phenoxy) is 2. The molecule has 0 aromatic heterocycles. The highest BCUT2D eigenvalue weighted by molar-refractivity contribution is 5.70. The predicted molar refractivity (Wildman–Crippen MR) is 146 cm³/mol. The summed E-state index contributed by atoms with van der Waals surface area (Å²) in [6, 6.07) is 8.23. The number of benzene rings is 1. The van der Waals surface area contributed by atoms with Gasteiger partial charge in [-0.2, -0.15) is 0 Å². The predicted octanol–water partition coefficient (Wildman–Crippen LogP) is 8.45. The van der Waals surface area contributed by atoms with Gasteiger partial charge in [-0.25, -0.2) is 0 Å². The van der Waals surface area contributed by atoms with Crippen LogP contribution in [0.1, 0.15) is 109 Å². The maximum Gasteiger partial charge on any atom is 0.306 e. The fourth-order valence-electron chi connectivity index (χ4n) is 8.33. The second-order valence-corrected chi connectivity index (χ2v) is 12.6. The van der Waals surface area contributed by atoms with Gasteiger partial charge in [0.15, 0.2) is 0 Å². The zero-order chi connectivity index (χ0) is 25.0. The number of hydrogen-bond acceptors (Lipinski definition) is 3. The summed E-state index contributed by atoms with van der Waals surface area (Å²) in [5.74, 6) is 4.44. The first-order valence-corrected chi connectivity index (χ1v) is 15.2. The Morgan fingerprint density at radius 1 is 0.972 bits per heavy atom. The molecule has 1 aromatic rings. The molecule has 198 valence electrons. The number of aryl methyl sites for hydroxylation is 1. The van der Waals surface area contributed by atoms with Gasteiger partial charge in [-0.1, -0.05) is 57.2 Å². The smallest absolute Gasteiger partial charge is 0.306 e. The van der Waals surface area contributed by atoms with Crippen LogP contribution in [0.15, 0.2) is 35.9 Å². The molecule has 3 fully saturated rings. The van der Waals surface area contributed by atoms with Gasteiger partial charge in [-0.15, -0.1) is 0 Å². The Bertz CT molecular complexity index is 902. The van der Waals surface area contributed by atoms with E-state index in [1.54, 1.807) is 5.57 Å². The highest BCUT2D eigenvalue weighted by Crippen LogP contribution is 2.61. The van der Waals surface area contributed by atoms with E-state index in [2.05, 4.69) is 32.1 Å². The molecule has 3 saturated carbocycles. The quantitative estimate of drug-likeness (QED) is 0.187. The first-order valence-electron chi connectivity index (χ1n) is 15.2. The molecule has 4 aliphatic rings. The van der Waals surface area contributed by atoms with Crippen molar-refractivity contribution in [3.8, 4) is 5.75 Å². The lowest BCUT2D eigenvalue weighted by molar-refractivity contribution is -0.147. The number of allylic oxidation sites excluding steroid dienone is 1. The molecular formula is C33H48O3. The lowest BCUT2D eigenvalue weighted by atomic mass is 9.52. The van der Waals surface area contributed by atoms with Crippen molar-refractivity contribution in [3.05, 3.63) is 41.5 Å². The van der Waals surface area contributed by atoms with E-state index in [1.807, 2.05) is 12.1 Å². The summed E-state index contributed by atoms with van der Waals surface area (Å²) >= 11 is 0. The van der Waals surface area contributed by atoms with Crippen LogP contribution in [-0.2, 0) is 16.0 Å². The number of esters is 1. The third kappa shape index (κ3) is 5.86. The second kappa shape index (κ2) is 11.7. The molecule has 0 amide bonds. The molecule has 0 saturated heterocycles. The third-order valence-corrected chi connectivity index (χ3v) is 10.3. The van der Waals surface area contributed by atoms with Crippen molar-refractivity contribution in [2.45, 2.75) is 116 Å². The van der Waals surface area contributed by atoms with E-state index in [-0.39, 0.29) is 12.1 Å². The van der Waals surface area contributed by atoms with Crippen molar-refractivity contribution in [1.29, 1.82) is 0 Å². The van der Waals surface area contributed by atoms with E-state index in [4.69, 9.17) is 9.47 Å². The van der Waals surface area contributed by atoms with E-state index in [0.717, 1.165) is 55.3 Å². The van der Waals surface area contributed by atoms with E-state index >= 15 is 0 Å². The van der Waals surface area contributed by atoms with Crippen molar-refractivity contribution >= 4 is 5.97 Å². The zero-order valence-electron chi connectivity index (χ0n) is 22.8. The van der Waals surface area contributed by atoms with Crippen LogP contribution in [0.4, 0.5) is 0 Å². The molecule has 0 N–H and O–H groups in total. The van der Waals surface area contributed by atoms with Gasteiger partial charge in [0.25, 0.3) is 0 Å². The number of carbonyl (C=O) groups excluding carboxylic acids is 1. The summed E-state index contributed by atoms with van der Waals surface area (Å²) in [5.41, 5.74) is 3.42. The Hall–Kier alpha value is -1.77. The normalized spacial score (nSPS) is 33.2. The zero-order valence-corrected chi connectivity index (χ0v) is 22.8. The van der Waals surface area contributed by atoms with E-state index in [9.17, 15) is 4.79 Å². The molecule has 0 aliphatic heterocycles. The van der Waals surface area contributed by atoms with Gasteiger partial charge >= 0.3 is 5.97 Å². The van der Waals surface area contributed by atoms with E-state index in [0.29, 0.717) is 11.8 Å². The average molecular weight is 493 g/mol. The van der Waals surface area contributed by atoms with E-state index < -0.39 is 0 Å². The highest BCUT2D eigenvalue weighted by Gasteiger charge is 2.52. The van der Waals surface area contributed by atoms with Crippen molar-refractivity contribution < 1.29 is 14.3 Å². The van der Waals surface area contributed by atoms with Crippen molar-refractivity contribution in [2.24, 2.45) is 29.1 Å². The number of carbonyl (C=O) groups is 1. The second-order valence-electron chi connectivity index (χ2n) is 12.6. The summed E-state index contributed by atoms with van der Waals surface area (Å²) < 4.78 is 11.8. The molecule has 4 aliphatic carbocycles. The Labute approximate surface area is 219 Å². The molecular weight excluding hydrogens is 444 g/mol.